The van der Waals surface area contributed by atoms with Crippen LogP contribution < -0.4 is 14.8 Å². The number of esters is 1. The molecule has 13 heteroatoms. The van der Waals surface area contributed by atoms with Crippen LogP contribution in [0.25, 0.3) is 28.0 Å². The molecule has 0 saturated heterocycles. The first kappa shape index (κ1) is 28.0. The van der Waals surface area contributed by atoms with Gasteiger partial charge in [-0.25, -0.2) is 4.98 Å². The zero-order valence-corrected chi connectivity index (χ0v) is 22.4. The number of hydrogen-bond donors (Lipinski definition) is 1. The molecule has 1 aromatic carbocycles. The first-order chi connectivity index (χ1) is 19.6. The topological polar surface area (TPSA) is 109 Å². The number of imidazole rings is 1. The van der Waals surface area contributed by atoms with E-state index in [4.69, 9.17) is 14.2 Å². The number of benzene rings is 1. The molecule has 0 bridgehead atoms. The Morgan fingerprint density at radius 2 is 1.78 bits per heavy atom. The summed E-state index contributed by atoms with van der Waals surface area (Å²) in [6, 6.07) is 6.79. The van der Waals surface area contributed by atoms with E-state index in [0.717, 1.165) is 24.0 Å². The van der Waals surface area contributed by atoms with Crippen molar-refractivity contribution in [3.63, 3.8) is 0 Å². The lowest BCUT2D eigenvalue weighted by atomic mass is 9.86. The van der Waals surface area contributed by atoms with Crippen LogP contribution in [0.15, 0.2) is 49.1 Å². The minimum absolute atomic E-state index is 0.0242. The zero-order valence-electron chi connectivity index (χ0n) is 22.4. The molecule has 216 valence electrons. The summed E-state index contributed by atoms with van der Waals surface area (Å²) in [5.41, 5.74) is 3.28. The number of aromatic nitrogens is 4. The smallest absolute Gasteiger partial charge is 0.405 e. The van der Waals surface area contributed by atoms with Gasteiger partial charge >= 0.3 is 12.1 Å². The van der Waals surface area contributed by atoms with E-state index in [-0.39, 0.29) is 29.6 Å². The van der Waals surface area contributed by atoms with E-state index in [0.29, 0.717) is 29.4 Å². The molecule has 1 N–H and O–H groups in total. The number of rotatable bonds is 10. The molecule has 1 aliphatic carbocycles. The quantitative estimate of drug-likeness (QED) is 0.279. The van der Waals surface area contributed by atoms with Gasteiger partial charge in [0.05, 0.1) is 38.9 Å². The lowest BCUT2D eigenvalue weighted by molar-refractivity contribution is -0.146. The average molecular weight is 572 g/mol. The number of hydrogen-bond acceptors (Lipinski definition) is 7. The third-order valence-corrected chi connectivity index (χ3v) is 6.95. The fourth-order valence-electron chi connectivity index (χ4n) is 4.57. The number of alkyl halides is 3. The first-order valence-corrected chi connectivity index (χ1v) is 12.9. The van der Waals surface area contributed by atoms with Crippen molar-refractivity contribution in [2.75, 3.05) is 27.4 Å². The molecule has 10 nitrogen and oxygen atoms in total. The van der Waals surface area contributed by atoms with Crippen molar-refractivity contribution in [2.45, 2.75) is 32.0 Å². The second-order valence-corrected chi connectivity index (χ2v) is 9.75. The Labute approximate surface area is 233 Å². The number of pyridine rings is 1. The Morgan fingerprint density at radius 1 is 1.05 bits per heavy atom. The number of halogens is 3. The Morgan fingerprint density at radius 3 is 2.41 bits per heavy atom. The average Bonchev–Trinajstić information content (AvgIpc) is 3.56. The van der Waals surface area contributed by atoms with E-state index in [1.165, 1.54) is 37.5 Å². The van der Waals surface area contributed by atoms with Crippen molar-refractivity contribution in [1.29, 1.82) is 0 Å². The lowest BCUT2D eigenvalue weighted by Crippen LogP contribution is -2.34. The second kappa shape index (κ2) is 11.5. The van der Waals surface area contributed by atoms with Crippen LogP contribution in [0.4, 0.5) is 13.2 Å². The number of carbonyl (C=O) groups is 2. The fourth-order valence-corrected chi connectivity index (χ4v) is 4.57. The van der Waals surface area contributed by atoms with Crippen LogP contribution in [-0.4, -0.2) is 64.6 Å². The van der Waals surface area contributed by atoms with Gasteiger partial charge in [0.25, 0.3) is 5.91 Å². The molecule has 1 fully saturated rings. The summed E-state index contributed by atoms with van der Waals surface area (Å²) in [4.78, 5) is 29.2. The molecule has 1 saturated carbocycles. The van der Waals surface area contributed by atoms with Crippen LogP contribution in [-0.2, 0) is 16.1 Å². The minimum atomic E-state index is -4.56. The van der Waals surface area contributed by atoms with Gasteiger partial charge in [-0.3, -0.25) is 18.7 Å². The molecule has 0 atom stereocenters. The maximum atomic E-state index is 12.6. The highest BCUT2D eigenvalue weighted by Gasteiger charge is 2.30. The standard InChI is InChI=1S/C28H28F3N5O5/c1-39-22-8-19(9-23(40-2)26(22)27(38)33-16-28(29,30)31)21-12-32-24-10-18(6-7-36(21)24)20-11-34-35(13-20)14-25(37)41-15-17-4-3-5-17/h6-13,17H,3-5,14-16H2,1-2H3,(H,33,38). The number of nitrogens with zero attached hydrogens (tertiary/aromatic N) is 4. The SMILES string of the molecule is COc1cc(-c2cnc3cc(-c4cnn(CC(=O)OCC5CCC5)c4)ccn23)cc(OC)c1C(=O)NCC(F)(F)F. The molecular weight excluding hydrogens is 543 g/mol. The van der Waals surface area contributed by atoms with Gasteiger partial charge in [-0.1, -0.05) is 6.42 Å². The second-order valence-electron chi connectivity index (χ2n) is 9.75. The summed E-state index contributed by atoms with van der Waals surface area (Å²) in [7, 11) is 2.63. The van der Waals surface area contributed by atoms with Crippen molar-refractivity contribution in [3.8, 4) is 33.9 Å². The summed E-state index contributed by atoms with van der Waals surface area (Å²) in [5, 5.41) is 6.13. The van der Waals surface area contributed by atoms with Crippen molar-refractivity contribution < 1.29 is 37.0 Å². The van der Waals surface area contributed by atoms with Gasteiger partial charge in [0.1, 0.15) is 35.8 Å². The van der Waals surface area contributed by atoms with Gasteiger partial charge in [-0.15, -0.1) is 0 Å². The predicted octanol–water partition coefficient (Wildman–Crippen LogP) is 4.52. The van der Waals surface area contributed by atoms with Gasteiger partial charge in [0, 0.05) is 23.5 Å². The molecular formula is C28H28F3N5O5. The van der Waals surface area contributed by atoms with E-state index < -0.39 is 18.6 Å². The molecule has 4 aromatic rings. The highest BCUT2D eigenvalue weighted by atomic mass is 19.4. The molecule has 0 aliphatic heterocycles. The van der Waals surface area contributed by atoms with E-state index in [9.17, 15) is 22.8 Å². The Balaban J connectivity index is 1.36. The summed E-state index contributed by atoms with van der Waals surface area (Å²) < 4.78 is 57.3. The normalized spacial score (nSPS) is 13.6. The Bertz CT molecular complexity index is 1550. The minimum Gasteiger partial charge on any atom is -0.496 e. The molecule has 1 amide bonds. The van der Waals surface area contributed by atoms with Crippen molar-refractivity contribution in [1.82, 2.24) is 24.5 Å². The highest BCUT2D eigenvalue weighted by molar-refractivity contribution is 6.00. The van der Waals surface area contributed by atoms with Crippen LogP contribution in [0.2, 0.25) is 0 Å². The number of methoxy groups -OCH3 is 2. The number of nitrogens with one attached hydrogen (secondary N) is 1. The third kappa shape index (κ3) is 6.28. The highest BCUT2D eigenvalue weighted by Crippen LogP contribution is 2.36. The van der Waals surface area contributed by atoms with Crippen LogP contribution >= 0.6 is 0 Å². The van der Waals surface area contributed by atoms with Crippen LogP contribution in [0.3, 0.4) is 0 Å². The molecule has 0 spiro atoms. The summed E-state index contributed by atoms with van der Waals surface area (Å²) >= 11 is 0. The molecule has 0 unspecified atom stereocenters. The van der Waals surface area contributed by atoms with Crippen LogP contribution in [0.5, 0.6) is 11.5 Å². The molecule has 41 heavy (non-hydrogen) atoms. The monoisotopic (exact) mass is 571 g/mol. The number of amides is 1. The maximum absolute atomic E-state index is 12.6. The molecule has 3 heterocycles. The molecule has 5 rings (SSSR count). The van der Waals surface area contributed by atoms with Gasteiger partial charge in [-0.2, -0.15) is 18.3 Å². The summed E-state index contributed by atoms with van der Waals surface area (Å²) in [6.45, 7) is -1.01. The van der Waals surface area contributed by atoms with Crippen molar-refractivity contribution in [3.05, 3.63) is 54.6 Å². The predicted molar refractivity (Wildman–Crippen MR) is 142 cm³/mol. The van der Waals surface area contributed by atoms with E-state index in [1.54, 1.807) is 24.8 Å². The maximum Gasteiger partial charge on any atom is 0.405 e. The Kier molecular flexibility index (Phi) is 7.86. The van der Waals surface area contributed by atoms with E-state index in [1.807, 2.05) is 21.9 Å². The number of fused-ring (bicyclic) bond motifs is 1. The number of ether oxygens (including phenoxy) is 3. The van der Waals surface area contributed by atoms with Gasteiger partial charge in [0.2, 0.25) is 0 Å². The Hall–Kier alpha value is -4.55. The zero-order chi connectivity index (χ0) is 29.1. The van der Waals surface area contributed by atoms with E-state index >= 15 is 0 Å². The lowest BCUT2D eigenvalue weighted by Gasteiger charge is -2.24. The summed E-state index contributed by atoms with van der Waals surface area (Å²) in [5.74, 6) is -0.734. The third-order valence-electron chi connectivity index (χ3n) is 6.95. The van der Waals surface area contributed by atoms with E-state index in [2.05, 4.69) is 10.1 Å². The van der Waals surface area contributed by atoms with Crippen LogP contribution in [0, 0.1) is 5.92 Å². The molecule has 1 aliphatic rings. The van der Waals surface area contributed by atoms with Gasteiger partial charge in [0.15, 0.2) is 0 Å². The van der Waals surface area contributed by atoms with Crippen molar-refractivity contribution >= 4 is 17.5 Å². The summed E-state index contributed by atoms with van der Waals surface area (Å²) in [6.07, 6.45) is 5.68. The molecule has 3 aromatic heterocycles. The number of carbonyl (C=O) groups excluding carboxylic acids is 2. The fraction of sp³-hybridized carbons (Fsp3) is 0.357. The van der Waals surface area contributed by atoms with Gasteiger partial charge in [-0.05, 0) is 48.6 Å². The van der Waals surface area contributed by atoms with Crippen LogP contribution in [0.1, 0.15) is 29.6 Å². The largest absolute Gasteiger partial charge is 0.496 e. The van der Waals surface area contributed by atoms with Gasteiger partial charge < -0.3 is 19.5 Å². The van der Waals surface area contributed by atoms with Crippen molar-refractivity contribution in [2.24, 2.45) is 5.92 Å². The first-order valence-electron chi connectivity index (χ1n) is 12.9. The molecule has 0 radical (unpaired) electrons.